The number of hydrogen-bond acceptors (Lipinski definition) is 4. The van der Waals surface area contributed by atoms with Crippen LogP contribution in [-0.4, -0.2) is 18.2 Å². The molecule has 0 unspecified atom stereocenters. The van der Waals surface area contributed by atoms with E-state index in [-0.39, 0.29) is 24.1 Å². The van der Waals surface area contributed by atoms with Crippen LogP contribution < -0.4 is 10.1 Å². The van der Waals surface area contributed by atoms with Crippen molar-refractivity contribution in [2.75, 3.05) is 6.54 Å². The van der Waals surface area contributed by atoms with Gasteiger partial charge in [0.15, 0.2) is 11.5 Å². The first-order valence-electron chi connectivity index (χ1n) is 6.81. The fourth-order valence-electron chi connectivity index (χ4n) is 1.77. The molecule has 0 aliphatic rings. The molecule has 0 aliphatic heterocycles. The first-order chi connectivity index (χ1) is 10.6. The Morgan fingerprint density at radius 1 is 1.23 bits per heavy atom. The van der Waals surface area contributed by atoms with Crippen LogP contribution in [0.25, 0.3) is 0 Å². The minimum absolute atomic E-state index is 0.00719. The van der Waals surface area contributed by atoms with Gasteiger partial charge in [-0.1, -0.05) is 6.08 Å². The third kappa shape index (κ3) is 4.09. The molecule has 0 saturated carbocycles. The summed E-state index contributed by atoms with van der Waals surface area (Å²) in [5.74, 6) is 1.11. The van der Waals surface area contributed by atoms with E-state index >= 15 is 0 Å². The quantitative estimate of drug-likeness (QED) is 0.630. The van der Waals surface area contributed by atoms with Crippen LogP contribution in [0.3, 0.4) is 0 Å². The van der Waals surface area contributed by atoms with Gasteiger partial charge in [-0.3, -0.25) is 9.59 Å². The monoisotopic (exact) mass is 299 g/mol. The number of furan rings is 1. The zero-order valence-corrected chi connectivity index (χ0v) is 12.3. The molecule has 1 heterocycles. The smallest absolute Gasteiger partial charge is 0.287 e. The Kier molecular flexibility index (Phi) is 5.14. The third-order valence-electron chi connectivity index (χ3n) is 2.93. The van der Waals surface area contributed by atoms with Gasteiger partial charge in [0.25, 0.3) is 5.91 Å². The molecular formula is C17H17NO4. The normalized spacial score (nSPS) is 10.0. The topological polar surface area (TPSA) is 68.5 Å². The number of hydrogen-bond donors (Lipinski definition) is 1. The van der Waals surface area contributed by atoms with E-state index in [1.54, 1.807) is 42.5 Å². The predicted octanol–water partition coefficient (Wildman–Crippen LogP) is 2.98. The second-order valence-corrected chi connectivity index (χ2v) is 4.63. The Morgan fingerprint density at radius 2 is 1.95 bits per heavy atom. The van der Waals surface area contributed by atoms with Crippen LogP contribution in [0.1, 0.15) is 33.6 Å². The van der Waals surface area contributed by atoms with Crippen LogP contribution in [0.5, 0.6) is 5.75 Å². The number of Topliss-reactive ketones (excluding diaryl/α,β-unsaturated/α-hetero) is 1. The summed E-state index contributed by atoms with van der Waals surface area (Å²) in [6.45, 7) is 5.62. The molecule has 2 rings (SSSR count). The fourth-order valence-corrected chi connectivity index (χ4v) is 1.77. The lowest BCUT2D eigenvalue weighted by Gasteiger charge is -2.04. The van der Waals surface area contributed by atoms with Gasteiger partial charge in [-0.05, 0) is 43.3 Å². The van der Waals surface area contributed by atoms with E-state index in [1.807, 2.05) is 0 Å². The van der Waals surface area contributed by atoms with Crippen molar-refractivity contribution in [1.29, 1.82) is 0 Å². The minimum Gasteiger partial charge on any atom is -0.486 e. The summed E-state index contributed by atoms with van der Waals surface area (Å²) >= 11 is 0. The van der Waals surface area contributed by atoms with Crippen LogP contribution in [-0.2, 0) is 6.61 Å². The van der Waals surface area contributed by atoms with Crippen LogP contribution in [0.15, 0.2) is 53.5 Å². The minimum atomic E-state index is -0.294. The molecule has 0 aliphatic carbocycles. The molecule has 114 valence electrons. The molecule has 0 atom stereocenters. The van der Waals surface area contributed by atoms with Crippen molar-refractivity contribution >= 4 is 11.7 Å². The number of amides is 1. The maximum absolute atomic E-state index is 11.7. The van der Waals surface area contributed by atoms with Crippen LogP contribution in [0, 0.1) is 0 Å². The lowest BCUT2D eigenvalue weighted by atomic mass is 10.1. The number of ether oxygens (including phenoxy) is 1. The Hall–Kier alpha value is -2.82. The lowest BCUT2D eigenvalue weighted by Crippen LogP contribution is -2.22. The van der Waals surface area contributed by atoms with Crippen molar-refractivity contribution in [1.82, 2.24) is 5.32 Å². The first kappa shape index (κ1) is 15.6. The number of rotatable bonds is 7. The molecular weight excluding hydrogens is 282 g/mol. The van der Waals surface area contributed by atoms with E-state index in [0.717, 1.165) is 0 Å². The Labute approximate surface area is 128 Å². The Bertz CT molecular complexity index is 670. The number of carbonyl (C=O) groups excluding carboxylic acids is 2. The highest BCUT2D eigenvalue weighted by atomic mass is 16.5. The van der Waals surface area contributed by atoms with Gasteiger partial charge in [-0.25, -0.2) is 0 Å². The van der Waals surface area contributed by atoms with E-state index in [1.165, 1.54) is 6.92 Å². The predicted molar refractivity (Wildman–Crippen MR) is 82.0 cm³/mol. The summed E-state index contributed by atoms with van der Waals surface area (Å²) in [5, 5.41) is 2.63. The number of ketones is 1. The van der Waals surface area contributed by atoms with Crippen molar-refractivity contribution in [3.63, 3.8) is 0 Å². The van der Waals surface area contributed by atoms with Crippen molar-refractivity contribution in [3.8, 4) is 5.75 Å². The van der Waals surface area contributed by atoms with Gasteiger partial charge in [-0.2, -0.15) is 0 Å². The molecule has 5 nitrogen and oxygen atoms in total. The van der Waals surface area contributed by atoms with Gasteiger partial charge in [0.2, 0.25) is 0 Å². The first-order valence-corrected chi connectivity index (χ1v) is 6.81. The van der Waals surface area contributed by atoms with Gasteiger partial charge < -0.3 is 14.5 Å². The number of carbonyl (C=O) groups is 2. The summed E-state index contributed by atoms with van der Waals surface area (Å²) in [7, 11) is 0. The zero-order valence-electron chi connectivity index (χ0n) is 12.3. The van der Waals surface area contributed by atoms with Crippen LogP contribution in [0.4, 0.5) is 0 Å². The van der Waals surface area contributed by atoms with Crippen molar-refractivity contribution in [2.24, 2.45) is 0 Å². The summed E-state index contributed by atoms with van der Waals surface area (Å²) in [4.78, 5) is 22.8. The molecule has 1 aromatic heterocycles. The van der Waals surface area contributed by atoms with Crippen LogP contribution in [0.2, 0.25) is 0 Å². The van der Waals surface area contributed by atoms with E-state index in [2.05, 4.69) is 11.9 Å². The summed E-state index contributed by atoms with van der Waals surface area (Å²) in [6, 6.07) is 10.1. The molecule has 2 aromatic rings. The Balaban J connectivity index is 1.91. The Morgan fingerprint density at radius 3 is 2.59 bits per heavy atom. The standard InChI is InChI=1S/C17H17NO4/c1-3-10-18-17(20)16-9-8-15(22-16)11-21-14-6-4-13(5-7-14)12(2)19/h3-9H,1,10-11H2,2H3,(H,18,20). The maximum Gasteiger partial charge on any atom is 0.287 e. The second kappa shape index (κ2) is 7.26. The second-order valence-electron chi connectivity index (χ2n) is 4.63. The molecule has 1 amide bonds. The molecule has 0 radical (unpaired) electrons. The summed E-state index contributed by atoms with van der Waals surface area (Å²) < 4.78 is 10.9. The van der Waals surface area contributed by atoms with Crippen molar-refractivity contribution in [2.45, 2.75) is 13.5 Å². The van der Waals surface area contributed by atoms with Gasteiger partial charge in [0.1, 0.15) is 18.1 Å². The highest BCUT2D eigenvalue weighted by molar-refractivity contribution is 5.94. The number of nitrogens with one attached hydrogen (secondary N) is 1. The fraction of sp³-hybridized carbons (Fsp3) is 0.176. The highest BCUT2D eigenvalue weighted by Crippen LogP contribution is 2.16. The molecule has 22 heavy (non-hydrogen) atoms. The average Bonchev–Trinajstić information content (AvgIpc) is 3.00. The third-order valence-corrected chi connectivity index (χ3v) is 2.93. The summed E-state index contributed by atoms with van der Waals surface area (Å²) in [5.41, 5.74) is 0.631. The van der Waals surface area contributed by atoms with E-state index in [4.69, 9.17) is 9.15 Å². The molecule has 0 fully saturated rings. The van der Waals surface area contributed by atoms with E-state index in [0.29, 0.717) is 23.6 Å². The van der Waals surface area contributed by atoms with Gasteiger partial charge >= 0.3 is 0 Å². The zero-order chi connectivity index (χ0) is 15.9. The largest absolute Gasteiger partial charge is 0.486 e. The van der Waals surface area contributed by atoms with E-state index < -0.39 is 0 Å². The molecule has 0 saturated heterocycles. The van der Waals surface area contributed by atoms with Gasteiger partial charge in [0.05, 0.1) is 0 Å². The molecule has 1 N–H and O–H groups in total. The van der Waals surface area contributed by atoms with E-state index in [9.17, 15) is 9.59 Å². The van der Waals surface area contributed by atoms with Crippen molar-refractivity contribution in [3.05, 3.63) is 66.1 Å². The molecule has 5 heteroatoms. The van der Waals surface area contributed by atoms with Gasteiger partial charge in [0, 0.05) is 12.1 Å². The molecule has 1 aromatic carbocycles. The lowest BCUT2D eigenvalue weighted by molar-refractivity contribution is 0.0925. The number of benzene rings is 1. The average molecular weight is 299 g/mol. The van der Waals surface area contributed by atoms with Crippen molar-refractivity contribution < 1.29 is 18.7 Å². The molecule has 0 bridgehead atoms. The van der Waals surface area contributed by atoms with Gasteiger partial charge in [-0.15, -0.1) is 6.58 Å². The SMILES string of the molecule is C=CCNC(=O)c1ccc(COc2ccc(C(C)=O)cc2)o1. The maximum atomic E-state index is 11.7. The van der Waals surface area contributed by atoms with Crippen LogP contribution >= 0.6 is 0 Å². The highest BCUT2D eigenvalue weighted by Gasteiger charge is 2.10. The molecule has 0 spiro atoms. The summed E-state index contributed by atoms with van der Waals surface area (Å²) in [6.07, 6.45) is 1.59.